The molecule has 0 aliphatic carbocycles. The lowest BCUT2D eigenvalue weighted by Crippen LogP contribution is -2.45. The van der Waals surface area contributed by atoms with E-state index in [4.69, 9.17) is 9.47 Å². The summed E-state index contributed by atoms with van der Waals surface area (Å²) >= 11 is 0. The Labute approximate surface area is 249 Å². The molecule has 3 rings (SSSR count). The van der Waals surface area contributed by atoms with E-state index in [-0.39, 0.29) is 16.8 Å². The third-order valence-corrected chi connectivity index (χ3v) is 8.49. The van der Waals surface area contributed by atoms with Crippen molar-refractivity contribution in [1.29, 1.82) is 0 Å². The highest BCUT2D eigenvalue weighted by Gasteiger charge is 2.41. The number of carbonyl (C=O) groups is 1. The molecule has 2 aromatic carbocycles. The van der Waals surface area contributed by atoms with E-state index in [1.54, 1.807) is 6.92 Å². The number of esters is 1. The maximum Gasteiger partial charge on any atom is 0.349 e. The Morgan fingerprint density at radius 2 is 1.41 bits per heavy atom. The van der Waals surface area contributed by atoms with Gasteiger partial charge >= 0.3 is 5.97 Å². The predicted octanol–water partition coefficient (Wildman–Crippen LogP) is 9.07. The lowest BCUT2D eigenvalue weighted by Gasteiger charge is -2.35. The van der Waals surface area contributed by atoms with Crippen molar-refractivity contribution >= 4 is 5.97 Å². The zero-order chi connectivity index (χ0) is 31.3. The second kappa shape index (κ2) is 13.5. The van der Waals surface area contributed by atoms with Crippen LogP contribution in [0.1, 0.15) is 133 Å². The van der Waals surface area contributed by atoms with Crippen LogP contribution in [0, 0.1) is 20.8 Å². The number of unbranched alkanes of at least 4 members (excludes halogenated alkanes) is 4. The summed E-state index contributed by atoms with van der Waals surface area (Å²) in [6.07, 6.45) is 8.90. The molecule has 0 saturated carbocycles. The van der Waals surface area contributed by atoms with E-state index in [2.05, 4.69) is 60.6 Å². The highest BCUT2D eigenvalue weighted by Crippen LogP contribution is 2.43. The molecule has 0 bridgehead atoms. The fourth-order valence-electron chi connectivity index (χ4n) is 5.52. The van der Waals surface area contributed by atoms with Crippen molar-refractivity contribution in [3.63, 3.8) is 0 Å². The Morgan fingerprint density at radius 1 is 0.878 bits per heavy atom. The molecular weight excluding hydrogens is 512 g/mol. The Morgan fingerprint density at radius 3 is 1.90 bits per heavy atom. The molecule has 5 nitrogen and oxygen atoms in total. The van der Waals surface area contributed by atoms with Crippen molar-refractivity contribution in [2.45, 2.75) is 144 Å². The van der Waals surface area contributed by atoms with Crippen molar-refractivity contribution in [3.8, 4) is 17.2 Å². The van der Waals surface area contributed by atoms with E-state index in [0.29, 0.717) is 30.1 Å². The number of hydrogen-bond donors (Lipinski definition) is 2. The monoisotopic (exact) mass is 568 g/mol. The van der Waals surface area contributed by atoms with Gasteiger partial charge in [-0.25, -0.2) is 4.79 Å². The SMILES string of the molecule is CCCCCCCc1cc(C(C)(C)C)c(O)c(C(C)(C)C)c1.COC(=O)C1(C)CCc2c(C)c(O)c(C)c(C)c2O1. The minimum absolute atomic E-state index is 0.0255. The number of ether oxygens (including phenoxy) is 2. The highest BCUT2D eigenvalue weighted by molar-refractivity contribution is 5.80. The van der Waals surface area contributed by atoms with E-state index in [9.17, 15) is 15.0 Å². The van der Waals surface area contributed by atoms with Gasteiger partial charge in [-0.1, -0.05) is 86.3 Å². The molecule has 0 saturated heterocycles. The third-order valence-electron chi connectivity index (χ3n) is 8.49. The van der Waals surface area contributed by atoms with Gasteiger partial charge in [0, 0.05) is 12.0 Å². The van der Waals surface area contributed by atoms with Crippen LogP contribution < -0.4 is 4.74 Å². The summed E-state index contributed by atoms with van der Waals surface area (Å²) in [6.45, 7) is 22.7. The molecule has 1 aliphatic heterocycles. The number of carbonyl (C=O) groups excluding carboxylic acids is 1. The van der Waals surface area contributed by atoms with E-state index in [0.717, 1.165) is 39.8 Å². The number of fused-ring (bicyclic) bond motifs is 1. The number of aryl methyl sites for hydroxylation is 1. The van der Waals surface area contributed by atoms with Crippen LogP contribution in [-0.2, 0) is 33.2 Å². The van der Waals surface area contributed by atoms with Gasteiger partial charge in [0.05, 0.1) is 7.11 Å². The summed E-state index contributed by atoms with van der Waals surface area (Å²) in [5.41, 5.74) is 6.06. The Kier molecular flexibility index (Phi) is 11.4. The molecule has 0 radical (unpaired) electrons. The lowest BCUT2D eigenvalue weighted by molar-refractivity contribution is -0.159. The first-order chi connectivity index (χ1) is 18.9. The number of methoxy groups -OCH3 is 1. The zero-order valence-electron chi connectivity index (χ0n) is 27.9. The van der Waals surface area contributed by atoms with Gasteiger partial charge in [-0.3, -0.25) is 0 Å². The van der Waals surface area contributed by atoms with E-state index in [1.165, 1.54) is 44.8 Å². The number of rotatable bonds is 7. The number of phenolic OH excluding ortho intramolecular Hbond substituents is 2. The summed E-state index contributed by atoms with van der Waals surface area (Å²) in [4.78, 5) is 11.8. The number of phenols is 2. The normalized spacial score (nSPS) is 16.8. The minimum Gasteiger partial charge on any atom is -0.507 e. The Balaban J connectivity index is 0.000000289. The standard InChI is InChI=1S/C21H36O.C15H20O4/c1-8-9-10-11-12-13-16-14-17(20(2,3)4)19(22)18(15-16)21(5,6)7;1-8-9(2)13-11(10(3)12(8)16)6-7-15(4,19-13)14(17)18-5/h14-15,22H,8-13H2,1-7H3;16H,6-7H2,1-5H3. The van der Waals surface area contributed by atoms with Gasteiger partial charge in [0.2, 0.25) is 5.60 Å². The van der Waals surface area contributed by atoms with Crippen LogP contribution in [0.4, 0.5) is 0 Å². The van der Waals surface area contributed by atoms with Crippen molar-refractivity contribution < 1.29 is 24.5 Å². The Bertz CT molecular complexity index is 1180. The van der Waals surface area contributed by atoms with Crippen molar-refractivity contribution in [3.05, 3.63) is 51.1 Å². The largest absolute Gasteiger partial charge is 0.507 e. The Hall–Kier alpha value is -2.69. The molecule has 5 heteroatoms. The van der Waals surface area contributed by atoms with Crippen LogP contribution in [0.2, 0.25) is 0 Å². The van der Waals surface area contributed by atoms with Crippen LogP contribution in [-0.4, -0.2) is 28.9 Å². The average molecular weight is 569 g/mol. The van der Waals surface area contributed by atoms with Gasteiger partial charge in [0.15, 0.2) is 0 Å². The second-order valence-corrected chi connectivity index (χ2v) is 14.1. The summed E-state index contributed by atoms with van der Waals surface area (Å²) in [5.74, 6) is 1.17. The molecular formula is C36H56O5. The van der Waals surface area contributed by atoms with E-state index >= 15 is 0 Å². The molecule has 230 valence electrons. The molecule has 2 N–H and O–H groups in total. The van der Waals surface area contributed by atoms with Gasteiger partial charge in [-0.05, 0) is 91.2 Å². The second-order valence-electron chi connectivity index (χ2n) is 14.1. The zero-order valence-corrected chi connectivity index (χ0v) is 27.9. The quantitative estimate of drug-likeness (QED) is 0.257. The molecule has 0 spiro atoms. The first kappa shape index (κ1) is 34.5. The summed E-state index contributed by atoms with van der Waals surface area (Å²) in [5, 5.41) is 20.8. The fourth-order valence-corrected chi connectivity index (χ4v) is 5.52. The van der Waals surface area contributed by atoms with Crippen LogP contribution >= 0.6 is 0 Å². The minimum atomic E-state index is -0.942. The van der Waals surface area contributed by atoms with Crippen LogP contribution in [0.25, 0.3) is 0 Å². The molecule has 1 atom stereocenters. The fraction of sp³-hybridized carbons (Fsp3) is 0.639. The molecule has 41 heavy (non-hydrogen) atoms. The van der Waals surface area contributed by atoms with E-state index in [1.807, 2.05) is 20.8 Å². The highest BCUT2D eigenvalue weighted by atomic mass is 16.6. The molecule has 0 aromatic heterocycles. The van der Waals surface area contributed by atoms with Crippen LogP contribution in [0.15, 0.2) is 12.1 Å². The average Bonchev–Trinajstić information content (AvgIpc) is 2.89. The molecule has 1 heterocycles. The third kappa shape index (κ3) is 8.20. The molecule has 1 unspecified atom stereocenters. The predicted molar refractivity (Wildman–Crippen MR) is 170 cm³/mol. The summed E-state index contributed by atoms with van der Waals surface area (Å²) < 4.78 is 10.8. The summed E-state index contributed by atoms with van der Waals surface area (Å²) in [6, 6.07) is 4.45. The number of aromatic hydroxyl groups is 2. The lowest BCUT2D eigenvalue weighted by atomic mass is 9.78. The summed E-state index contributed by atoms with van der Waals surface area (Å²) in [7, 11) is 1.37. The van der Waals surface area contributed by atoms with Gasteiger partial charge in [0.25, 0.3) is 0 Å². The van der Waals surface area contributed by atoms with Gasteiger partial charge < -0.3 is 19.7 Å². The van der Waals surface area contributed by atoms with Crippen LogP contribution in [0.3, 0.4) is 0 Å². The van der Waals surface area contributed by atoms with Gasteiger partial charge in [0.1, 0.15) is 17.2 Å². The van der Waals surface area contributed by atoms with Crippen LogP contribution in [0.5, 0.6) is 17.2 Å². The van der Waals surface area contributed by atoms with Gasteiger partial charge in [-0.15, -0.1) is 0 Å². The maximum atomic E-state index is 11.8. The number of benzene rings is 2. The molecule has 0 amide bonds. The van der Waals surface area contributed by atoms with Crippen molar-refractivity contribution in [2.24, 2.45) is 0 Å². The van der Waals surface area contributed by atoms with E-state index < -0.39 is 5.60 Å². The molecule has 1 aliphatic rings. The molecule has 0 fully saturated rings. The van der Waals surface area contributed by atoms with Crippen molar-refractivity contribution in [2.75, 3.05) is 7.11 Å². The topological polar surface area (TPSA) is 76.0 Å². The first-order valence-electron chi connectivity index (χ1n) is 15.3. The first-order valence-corrected chi connectivity index (χ1v) is 15.3. The number of hydrogen-bond acceptors (Lipinski definition) is 5. The van der Waals surface area contributed by atoms with Gasteiger partial charge in [-0.2, -0.15) is 0 Å². The smallest absolute Gasteiger partial charge is 0.349 e. The van der Waals surface area contributed by atoms with Crippen molar-refractivity contribution in [1.82, 2.24) is 0 Å². The molecule has 2 aromatic rings. The maximum absolute atomic E-state index is 11.8.